The van der Waals surface area contributed by atoms with Gasteiger partial charge in [-0.05, 0) is 87.6 Å². The maximum Gasteiger partial charge on any atom is 0.322 e. The number of hydrogen-bond acceptors (Lipinski definition) is 2. The van der Waals surface area contributed by atoms with Gasteiger partial charge in [0, 0.05) is 40.7 Å². The van der Waals surface area contributed by atoms with Gasteiger partial charge in [0.05, 0.1) is 6.54 Å². The van der Waals surface area contributed by atoms with Crippen LogP contribution < -0.4 is 5.32 Å². The standard InChI is InChI=1S/C32H41BrN4O2/c1-23(2)36(32(39)34-30-14-8-10-24(3)25(30)4)22-31(38)37(28-11-6-5-7-12-28)21-29-13-9-19-35(29)20-26-15-17-27(33)18-16-26/h8-10,13-19,23,28H,5-7,11-12,20-22H2,1-4H3,(H,34,39). The predicted molar refractivity (Wildman–Crippen MR) is 162 cm³/mol. The summed E-state index contributed by atoms with van der Waals surface area (Å²) in [5, 5.41) is 3.05. The lowest BCUT2D eigenvalue weighted by molar-refractivity contribution is -0.136. The van der Waals surface area contributed by atoms with E-state index in [-0.39, 0.29) is 30.6 Å². The largest absolute Gasteiger partial charge is 0.345 e. The molecule has 0 radical (unpaired) electrons. The Labute approximate surface area is 241 Å². The molecule has 3 aromatic rings. The minimum atomic E-state index is -0.241. The molecule has 3 amide bonds. The molecule has 6 nitrogen and oxygen atoms in total. The van der Waals surface area contributed by atoms with Crippen LogP contribution in [0, 0.1) is 13.8 Å². The Morgan fingerprint density at radius 3 is 2.41 bits per heavy atom. The molecule has 1 aromatic heterocycles. The second-order valence-electron chi connectivity index (χ2n) is 11.0. The molecule has 39 heavy (non-hydrogen) atoms. The Bertz CT molecular complexity index is 1260. The highest BCUT2D eigenvalue weighted by Crippen LogP contribution is 2.26. The smallest absolute Gasteiger partial charge is 0.322 e. The fourth-order valence-corrected chi connectivity index (χ4v) is 5.59. The zero-order chi connectivity index (χ0) is 27.9. The number of amides is 3. The first-order chi connectivity index (χ1) is 18.7. The summed E-state index contributed by atoms with van der Waals surface area (Å²) < 4.78 is 3.28. The topological polar surface area (TPSA) is 57.6 Å². The van der Waals surface area contributed by atoms with Crippen LogP contribution in [0.5, 0.6) is 0 Å². The second kappa shape index (κ2) is 13.3. The number of anilines is 1. The van der Waals surface area contributed by atoms with Gasteiger partial charge in [0.25, 0.3) is 0 Å². The maximum atomic E-state index is 14.0. The highest BCUT2D eigenvalue weighted by molar-refractivity contribution is 9.10. The summed E-state index contributed by atoms with van der Waals surface area (Å²) in [5.41, 5.74) is 5.26. The molecule has 0 saturated heterocycles. The molecule has 2 aromatic carbocycles. The summed E-state index contributed by atoms with van der Waals surface area (Å²) in [4.78, 5) is 31.0. The molecule has 1 aliphatic carbocycles. The average molecular weight is 594 g/mol. The molecule has 1 N–H and O–H groups in total. The van der Waals surface area contributed by atoms with Crippen molar-refractivity contribution in [3.05, 3.63) is 87.7 Å². The highest BCUT2D eigenvalue weighted by Gasteiger charge is 2.30. The lowest BCUT2D eigenvalue weighted by Gasteiger charge is -2.37. The molecule has 1 fully saturated rings. The van der Waals surface area contributed by atoms with Crippen molar-refractivity contribution in [2.75, 3.05) is 11.9 Å². The van der Waals surface area contributed by atoms with Crippen LogP contribution in [0.15, 0.2) is 65.3 Å². The third kappa shape index (κ3) is 7.53. The third-order valence-electron chi connectivity index (χ3n) is 7.89. The lowest BCUT2D eigenvalue weighted by Crippen LogP contribution is -2.50. The van der Waals surface area contributed by atoms with Crippen LogP contribution in [-0.4, -0.2) is 44.9 Å². The number of nitrogens with one attached hydrogen (secondary N) is 1. The Morgan fingerprint density at radius 2 is 1.72 bits per heavy atom. The van der Waals surface area contributed by atoms with Crippen molar-refractivity contribution in [2.24, 2.45) is 0 Å². The number of urea groups is 1. The van der Waals surface area contributed by atoms with Gasteiger partial charge in [0.15, 0.2) is 0 Å². The number of aryl methyl sites for hydroxylation is 1. The number of halogens is 1. The Kier molecular flexibility index (Phi) is 9.89. The maximum absolute atomic E-state index is 14.0. The summed E-state index contributed by atoms with van der Waals surface area (Å²) in [6, 6.07) is 18.2. The summed E-state index contributed by atoms with van der Waals surface area (Å²) in [6.45, 7) is 9.30. The molecule has 0 atom stereocenters. The van der Waals surface area contributed by atoms with Gasteiger partial charge in [-0.2, -0.15) is 0 Å². The number of benzene rings is 2. The van der Waals surface area contributed by atoms with Crippen molar-refractivity contribution in [3.63, 3.8) is 0 Å². The molecule has 208 valence electrons. The van der Waals surface area contributed by atoms with Gasteiger partial charge in [0.2, 0.25) is 5.91 Å². The van der Waals surface area contributed by atoms with E-state index in [1.807, 2.05) is 50.8 Å². The van der Waals surface area contributed by atoms with Gasteiger partial charge < -0.3 is 19.7 Å². The van der Waals surface area contributed by atoms with Gasteiger partial charge in [-0.3, -0.25) is 4.79 Å². The van der Waals surface area contributed by atoms with Crippen LogP contribution in [0.4, 0.5) is 10.5 Å². The molecule has 0 aliphatic heterocycles. The number of nitrogens with zero attached hydrogens (tertiary/aromatic N) is 3. The quantitative estimate of drug-likeness (QED) is 0.279. The van der Waals surface area contributed by atoms with Crippen molar-refractivity contribution in [2.45, 2.75) is 85.0 Å². The number of hydrogen-bond donors (Lipinski definition) is 1. The Hall–Kier alpha value is -3.06. The first-order valence-electron chi connectivity index (χ1n) is 14.0. The number of rotatable bonds is 9. The monoisotopic (exact) mass is 592 g/mol. The Balaban J connectivity index is 1.52. The van der Waals surface area contributed by atoms with Crippen molar-refractivity contribution in [1.82, 2.24) is 14.4 Å². The lowest BCUT2D eigenvalue weighted by atomic mass is 9.94. The van der Waals surface area contributed by atoms with E-state index in [0.29, 0.717) is 6.54 Å². The molecule has 0 unspecified atom stereocenters. The molecule has 1 heterocycles. The van der Waals surface area contributed by atoms with Crippen LogP contribution in [-0.2, 0) is 17.9 Å². The molecule has 7 heteroatoms. The minimum absolute atomic E-state index is 0.00288. The first-order valence-corrected chi connectivity index (χ1v) is 14.8. The molecular weight excluding hydrogens is 552 g/mol. The highest BCUT2D eigenvalue weighted by atomic mass is 79.9. The summed E-state index contributed by atoms with van der Waals surface area (Å²) in [7, 11) is 0. The van der Waals surface area contributed by atoms with E-state index in [2.05, 4.69) is 68.4 Å². The van der Waals surface area contributed by atoms with E-state index in [1.54, 1.807) is 4.90 Å². The van der Waals surface area contributed by atoms with Crippen LogP contribution in [0.2, 0.25) is 0 Å². The molecular formula is C32H41BrN4O2. The molecule has 1 aliphatic rings. The summed E-state index contributed by atoms with van der Waals surface area (Å²) in [5.74, 6) is 0.00288. The van der Waals surface area contributed by atoms with Crippen LogP contribution in [0.25, 0.3) is 0 Å². The van der Waals surface area contributed by atoms with Gasteiger partial charge in [-0.1, -0.05) is 59.5 Å². The number of carbonyl (C=O) groups excluding carboxylic acids is 2. The van der Waals surface area contributed by atoms with Crippen LogP contribution in [0.3, 0.4) is 0 Å². The second-order valence-corrected chi connectivity index (χ2v) is 11.9. The first kappa shape index (κ1) is 28.9. The SMILES string of the molecule is Cc1cccc(NC(=O)N(CC(=O)N(Cc2cccn2Cc2ccc(Br)cc2)C2CCCCC2)C(C)C)c1C. The van der Waals surface area contributed by atoms with Crippen molar-refractivity contribution in [1.29, 1.82) is 0 Å². The van der Waals surface area contributed by atoms with Crippen LogP contribution >= 0.6 is 15.9 Å². The molecule has 4 rings (SSSR count). The number of carbonyl (C=O) groups is 2. The van der Waals surface area contributed by atoms with E-state index in [1.165, 1.54) is 12.0 Å². The van der Waals surface area contributed by atoms with Crippen LogP contribution in [0.1, 0.15) is 68.3 Å². The zero-order valence-corrected chi connectivity index (χ0v) is 25.2. The fourth-order valence-electron chi connectivity index (χ4n) is 5.32. The number of aromatic nitrogens is 1. The third-order valence-corrected chi connectivity index (χ3v) is 8.42. The fraction of sp³-hybridized carbons (Fsp3) is 0.438. The predicted octanol–water partition coefficient (Wildman–Crippen LogP) is 7.52. The van der Waals surface area contributed by atoms with E-state index >= 15 is 0 Å². The van der Waals surface area contributed by atoms with E-state index in [4.69, 9.17) is 0 Å². The van der Waals surface area contributed by atoms with E-state index in [9.17, 15) is 9.59 Å². The van der Waals surface area contributed by atoms with Crippen molar-refractivity contribution >= 4 is 33.6 Å². The Morgan fingerprint density at radius 1 is 1.00 bits per heavy atom. The average Bonchev–Trinajstić information content (AvgIpc) is 3.36. The van der Waals surface area contributed by atoms with E-state index < -0.39 is 0 Å². The van der Waals surface area contributed by atoms with E-state index in [0.717, 1.165) is 59.2 Å². The van der Waals surface area contributed by atoms with Gasteiger partial charge in [0.1, 0.15) is 6.54 Å². The van der Waals surface area contributed by atoms with Gasteiger partial charge in [-0.25, -0.2) is 4.79 Å². The zero-order valence-electron chi connectivity index (χ0n) is 23.6. The summed E-state index contributed by atoms with van der Waals surface area (Å²) in [6.07, 6.45) is 7.59. The van der Waals surface area contributed by atoms with Gasteiger partial charge >= 0.3 is 6.03 Å². The molecule has 1 saturated carbocycles. The van der Waals surface area contributed by atoms with Gasteiger partial charge in [-0.15, -0.1) is 0 Å². The normalized spacial score (nSPS) is 13.9. The van der Waals surface area contributed by atoms with Crippen molar-refractivity contribution in [3.8, 4) is 0 Å². The summed E-state index contributed by atoms with van der Waals surface area (Å²) >= 11 is 3.51. The molecule has 0 spiro atoms. The van der Waals surface area contributed by atoms with Crippen molar-refractivity contribution < 1.29 is 9.59 Å². The molecule has 0 bridgehead atoms. The minimum Gasteiger partial charge on any atom is -0.345 e.